The number of anilines is 1. The number of rotatable bonds is 6. The van der Waals surface area contributed by atoms with Crippen LogP contribution < -0.4 is 4.90 Å². The number of amidine groups is 1. The van der Waals surface area contributed by atoms with Crippen LogP contribution in [0.1, 0.15) is 26.7 Å². The van der Waals surface area contributed by atoms with E-state index in [4.69, 9.17) is 4.99 Å². The first-order chi connectivity index (χ1) is 11.4. The molecule has 4 nitrogen and oxygen atoms in total. The second-order valence-electron chi connectivity index (χ2n) is 5.80. The molecule has 2 rings (SSSR count). The Hall–Kier alpha value is -2.14. The smallest absolute Gasteiger partial charge is 0.175 e. The van der Waals surface area contributed by atoms with Crippen LogP contribution in [0.5, 0.6) is 0 Å². The Morgan fingerprint density at radius 3 is 2.54 bits per heavy atom. The molecule has 5 heteroatoms. The van der Waals surface area contributed by atoms with E-state index in [1.807, 2.05) is 32.1 Å². The summed E-state index contributed by atoms with van der Waals surface area (Å²) in [6, 6.07) is 6.96. The number of sulfone groups is 1. The molecule has 0 aliphatic carbocycles. The van der Waals surface area contributed by atoms with Gasteiger partial charge in [0.1, 0.15) is 5.84 Å². The van der Waals surface area contributed by atoms with E-state index in [2.05, 4.69) is 23.6 Å². The van der Waals surface area contributed by atoms with E-state index in [9.17, 15) is 8.42 Å². The summed E-state index contributed by atoms with van der Waals surface area (Å²) in [5, 5.41) is 0. The fraction of sp³-hybridized carbons (Fsp3) is 0.316. The molecule has 0 aromatic heterocycles. The van der Waals surface area contributed by atoms with Gasteiger partial charge in [0, 0.05) is 24.2 Å². The van der Waals surface area contributed by atoms with Gasteiger partial charge in [-0.1, -0.05) is 12.2 Å². The summed E-state index contributed by atoms with van der Waals surface area (Å²) in [5.74, 6) is 0.923. The van der Waals surface area contributed by atoms with Crippen LogP contribution in [0.25, 0.3) is 0 Å². The molecule has 1 heterocycles. The minimum atomic E-state index is -3.19. The van der Waals surface area contributed by atoms with Gasteiger partial charge in [0.2, 0.25) is 0 Å². The molecule has 1 aliphatic heterocycles. The molecular weight excluding hydrogens is 320 g/mol. The number of hydrogen-bond donors (Lipinski definition) is 0. The first-order valence-corrected chi connectivity index (χ1v) is 9.85. The van der Waals surface area contributed by atoms with Crippen LogP contribution in [0.2, 0.25) is 0 Å². The van der Waals surface area contributed by atoms with E-state index < -0.39 is 9.84 Å². The molecule has 0 atom stereocenters. The highest BCUT2D eigenvalue weighted by Crippen LogP contribution is 2.25. The second-order valence-corrected chi connectivity index (χ2v) is 7.81. The molecule has 1 aliphatic rings. The molecule has 0 spiro atoms. The van der Waals surface area contributed by atoms with E-state index in [0.717, 1.165) is 35.6 Å². The van der Waals surface area contributed by atoms with E-state index in [0.29, 0.717) is 11.4 Å². The summed E-state index contributed by atoms with van der Waals surface area (Å²) in [7, 11) is -3.19. The van der Waals surface area contributed by atoms with E-state index in [1.54, 1.807) is 12.1 Å². The van der Waals surface area contributed by atoms with Crippen LogP contribution in [0.4, 0.5) is 5.69 Å². The zero-order valence-corrected chi connectivity index (χ0v) is 15.3. The topological polar surface area (TPSA) is 49.7 Å². The van der Waals surface area contributed by atoms with Crippen LogP contribution in [0, 0.1) is 0 Å². The van der Waals surface area contributed by atoms with Crippen molar-refractivity contribution in [2.45, 2.75) is 31.6 Å². The zero-order valence-electron chi connectivity index (χ0n) is 14.5. The molecule has 0 N–H and O–H groups in total. The average Bonchev–Trinajstić information content (AvgIpc) is 2.55. The number of allylic oxidation sites excluding steroid dienone is 3. The molecule has 0 amide bonds. The minimum Gasteiger partial charge on any atom is -0.322 e. The van der Waals surface area contributed by atoms with Crippen molar-refractivity contribution in [2.75, 3.05) is 17.7 Å². The zero-order chi connectivity index (χ0) is 17.7. The third-order valence-electron chi connectivity index (χ3n) is 3.94. The highest BCUT2D eigenvalue weighted by molar-refractivity contribution is 7.90. The quantitative estimate of drug-likeness (QED) is 0.729. The average molecular weight is 344 g/mol. The Morgan fingerprint density at radius 2 is 2.00 bits per heavy atom. The first-order valence-electron chi connectivity index (χ1n) is 7.96. The standard InChI is InChI=1S/C19H24N2O2S/c1-5-7-8-16(6-2)19-20-15(3)13-14-21(19)17-9-11-18(12-10-17)24(4,22)23/h5-6,9-13H,1,7-8,14H2,2-4H3/b16-6+. The molecule has 0 bridgehead atoms. The summed E-state index contributed by atoms with van der Waals surface area (Å²) in [5.41, 5.74) is 3.09. The molecule has 0 saturated heterocycles. The van der Waals surface area contributed by atoms with Crippen molar-refractivity contribution in [3.8, 4) is 0 Å². The van der Waals surface area contributed by atoms with Gasteiger partial charge in [-0.3, -0.25) is 0 Å². The maximum Gasteiger partial charge on any atom is 0.175 e. The number of nitrogens with zero attached hydrogens (tertiary/aromatic N) is 2. The van der Waals surface area contributed by atoms with Crippen molar-refractivity contribution < 1.29 is 8.42 Å². The van der Waals surface area contributed by atoms with Crippen LogP contribution >= 0.6 is 0 Å². The Labute approximate surface area is 144 Å². The SMILES string of the molecule is C=CCC/C(=C\C)C1=NC(C)=CCN1c1ccc(S(C)(=O)=O)cc1. The lowest BCUT2D eigenvalue weighted by atomic mass is 10.1. The summed E-state index contributed by atoms with van der Waals surface area (Å²) in [6.45, 7) is 8.51. The summed E-state index contributed by atoms with van der Waals surface area (Å²) >= 11 is 0. The summed E-state index contributed by atoms with van der Waals surface area (Å²) < 4.78 is 23.3. The van der Waals surface area contributed by atoms with Crippen molar-refractivity contribution in [1.29, 1.82) is 0 Å². The van der Waals surface area contributed by atoms with E-state index in [1.165, 1.54) is 6.26 Å². The Bertz CT molecular complexity index is 800. The van der Waals surface area contributed by atoms with Crippen molar-refractivity contribution in [1.82, 2.24) is 0 Å². The van der Waals surface area contributed by atoms with Gasteiger partial charge in [0.25, 0.3) is 0 Å². The third-order valence-corrected chi connectivity index (χ3v) is 5.07. The van der Waals surface area contributed by atoms with Gasteiger partial charge in [-0.2, -0.15) is 0 Å². The van der Waals surface area contributed by atoms with Crippen molar-refractivity contribution >= 4 is 21.4 Å². The van der Waals surface area contributed by atoms with Crippen molar-refractivity contribution in [2.24, 2.45) is 4.99 Å². The predicted molar refractivity (Wildman–Crippen MR) is 101 cm³/mol. The molecule has 24 heavy (non-hydrogen) atoms. The summed E-state index contributed by atoms with van der Waals surface area (Å²) in [4.78, 5) is 7.15. The predicted octanol–water partition coefficient (Wildman–Crippen LogP) is 4.12. The highest BCUT2D eigenvalue weighted by Gasteiger charge is 2.20. The maximum absolute atomic E-state index is 11.6. The van der Waals surface area contributed by atoms with Gasteiger partial charge >= 0.3 is 0 Å². The van der Waals surface area contributed by atoms with Gasteiger partial charge in [-0.15, -0.1) is 6.58 Å². The molecule has 128 valence electrons. The van der Waals surface area contributed by atoms with Crippen LogP contribution in [0.3, 0.4) is 0 Å². The highest BCUT2D eigenvalue weighted by atomic mass is 32.2. The first kappa shape index (κ1) is 18.2. The lowest BCUT2D eigenvalue weighted by Crippen LogP contribution is -2.35. The molecule has 0 unspecified atom stereocenters. The lowest BCUT2D eigenvalue weighted by molar-refractivity contribution is 0.602. The second kappa shape index (κ2) is 7.62. The number of hydrogen-bond acceptors (Lipinski definition) is 4. The largest absolute Gasteiger partial charge is 0.322 e. The molecule has 1 aromatic rings. The number of aliphatic imine (C=N–C) groups is 1. The Kier molecular flexibility index (Phi) is 5.78. The van der Waals surface area contributed by atoms with E-state index in [-0.39, 0.29) is 0 Å². The van der Waals surface area contributed by atoms with Crippen LogP contribution in [-0.2, 0) is 9.84 Å². The summed E-state index contributed by atoms with van der Waals surface area (Å²) in [6.07, 6.45) is 9.04. The van der Waals surface area contributed by atoms with Gasteiger partial charge in [-0.05, 0) is 62.6 Å². The fourth-order valence-corrected chi connectivity index (χ4v) is 3.20. The van der Waals surface area contributed by atoms with Crippen LogP contribution in [-0.4, -0.2) is 27.1 Å². The minimum absolute atomic E-state index is 0.325. The number of benzene rings is 1. The monoisotopic (exact) mass is 344 g/mol. The normalized spacial score (nSPS) is 15.8. The fourth-order valence-electron chi connectivity index (χ4n) is 2.57. The van der Waals surface area contributed by atoms with Gasteiger partial charge in [-0.25, -0.2) is 13.4 Å². The third kappa shape index (κ3) is 4.23. The van der Waals surface area contributed by atoms with Crippen LogP contribution in [0.15, 0.2) is 70.2 Å². The van der Waals surface area contributed by atoms with E-state index >= 15 is 0 Å². The Morgan fingerprint density at radius 1 is 1.33 bits per heavy atom. The lowest BCUT2D eigenvalue weighted by Gasteiger charge is -2.29. The molecular formula is C19H24N2O2S. The molecule has 0 radical (unpaired) electrons. The van der Waals surface area contributed by atoms with Gasteiger partial charge in [0.05, 0.1) is 4.90 Å². The Balaban J connectivity index is 2.37. The maximum atomic E-state index is 11.6. The van der Waals surface area contributed by atoms with Gasteiger partial charge < -0.3 is 4.90 Å². The molecule has 0 fully saturated rings. The van der Waals surface area contributed by atoms with Gasteiger partial charge in [0.15, 0.2) is 9.84 Å². The van der Waals surface area contributed by atoms with Crippen molar-refractivity contribution in [3.63, 3.8) is 0 Å². The molecule has 0 saturated carbocycles. The molecule has 1 aromatic carbocycles. The van der Waals surface area contributed by atoms with Crippen molar-refractivity contribution in [3.05, 3.63) is 60.3 Å².